The molecule has 1 N–H and O–H groups in total. The molecule has 1 aromatic carbocycles. The van der Waals surface area contributed by atoms with Crippen LogP contribution < -0.4 is 5.32 Å². The fraction of sp³-hybridized carbons (Fsp3) is 0.385. The third kappa shape index (κ3) is 2.68. The smallest absolute Gasteiger partial charge is 0.233 e. The van der Waals surface area contributed by atoms with Crippen molar-refractivity contribution in [2.75, 3.05) is 6.54 Å². The van der Waals surface area contributed by atoms with Gasteiger partial charge < -0.3 is 9.73 Å². The Hall–Kier alpha value is -1.44. The van der Waals surface area contributed by atoms with Gasteiger partial charge in [-0.1, -0.05) is 23.7 Å². The van der Waals surface area contributed by atoms with E-state index >= 15 is 0 Å². The predicted molar refractivity (Wildman–Crippen MR) is 76.8 cm³/mol. The topological polar surface area (TPSA) is 85.1 Å². The number of sulfone groups is 1. The Morgan fingerprint density at radius 2 is 2.10 bits per heavy atom. The number of nitrogens with zero attached hydrogens (tertiary/aromatic N) is 2. The van der Waals surface area contributed by atoms with Gasteiger partial charge in [-0.05, 0) is 18.6 Å². The lowest BCUT2D eigenvalue weighted by Gasteiger charge is -2.11. The SMILES string of the molecule is Cc1nnc([C@H]2C[C@H](S(=O)(=O)c3ccccc3Cl)CN2)o1. The maximum absolute atomic E-state index is 12.6. The number of halogens is 1. The van der Waals surface area contributed by atoms with Crippen LogP contribution in [0.1, 0.15) is 24.2 Å². The lowest BCUT2D eigenvalue weighted by atomic mass is 10.2. The van der Waals surface area contributed by atoms with E-state index in [9.17, 15) is 8.42 Å². The van der Waals surface area contributed by atoms with E-state index in [1.165, 1.54) is 6.07 Å². The Kier molecular flexibility index (Phi) is 3.73. The first-order valence-corrected chi connectivity index (χ1v) is 8.42. The quantitative estimate of drug-likeness (QED) is 0.927. The van der Waals surface area contributed by atoms with Crippen molar-refractivity contribution in [1.82, 2.24) is 15.5 Å². The Morgan fingerprint density at radius 3 is 2.76 bits per heavy atom. The Balaban J connectivity index is 1.84. The van der Waals surface area contributed by atoms with Crippen molar-refractivity contribution in [2.24, 2.45) is 0 Å². The van der Waals surface area contributed by atoms with E-state index in [2.05, 4.69) is 15.5 Å². The van der Waals surface area contributed by atoms with Crippen molar-refractivity contribution < 1.29 is 12.8 Å². The minimum absolute atomic E-state index is 0.167. The van der Waals surface area contributed by atoms with Crippen LogP contribution in [-0.4, -0.2) is 30.4 Å². The maximum atomic E-state index is 12.6. The van der Waals surface area contributed by atoms with Crippen molar-refractivity contribution in [3.05, 3.63) is 41.1 Å². The second kappa shape index (κ2) is 5.40. The second-order valence-electron chi connectivity index (χ2n) is 4.95. The fourth-order valence-electron chi connectivity index (χ4n) is 2.44. The fourth-order valence-corrected chi connectivity index (χ4v) is 4.62. The molecular weight excluding hydrogens is 314 g/mol. The van der Waals surface area contributed by atoms with Crippen LogP contribution in [0.15, 0.2) is 33.6 Å². The number of nitrogens with one attached hydrogen (secondary N) is 1. The molecule has 1 aromatic heterocycles. The molecule has 0 spiro atoms. The highest BCUT2D eigenvalue weighted by Crippen LogP contribution is 2.32. The van der Waals surface area contributed by atoms with E-state index in [1.54, 1.807) is 25.1 Å². The Morgan fingerprint density at radius 1 is 1.33 bits per heavy atom. The monoisotopic (exact) mass is 327 g/mol. The average molecular weight is 328 g/mol. The highest BCUT2D eigenvalue weighted by Gasteiger charge is 2.38. The normalized spacial score (nSPS) is 22.6. The summed E-state index contributed by atoms with van der Waals surface area (Å²) in [6.07, 6.45) is 0.384. The summed E-state index contributed by atoms with van der Waals surface area (Å²) in [6, 6.07) is 6.24. The number of hydrogen-bond donors (Lipinski definition) is 1. The van der Waals surface area contributed by atoms with E-state index < -0.39 is 15.1 Å². The van der Waals surface area contributed by atoms with Crippen LogP contribution in [0.5, 0.6) is 0 Å². The van der Waals surface area contributed by atoms with E-state index in [-0.39, 0.29) is 16.0 Å². The summed E-state index contributed by atoms with van der Waals surface area (Å²) >= 11 is 6.00. The number of rotatable bonds is 3. The van der Waals surface area contributed by atoms with Crippen molar-refractivity contribution in [3.63, 3.8) is 0 Å². The minimum Gasteiger partial charge on any atom is -0.424 e. The molecule has 1 saturated heterocycles. The van der Waals surface area contributed by atoms with Crippen LogP contribution in [0.2, 0.25) is 5.02 Å². The lowest BCUT2D eigenvalue weighted by molar-refractivity contribution is 0.413. The largest absolute Gasteiger partial charge is 0.424 e. The summed E-state index contributed by atoms with van der Waals surface area (Å²) in [4.78, 5) is 0.167. The maximum Gasteiger partial charge on any atom is 0.233 e. The third-order valence-corrected chi connectivity index (χ3v) is 6.16. The molecule has 1 aliphatic heterocycles. The van der Waals surface area contributed by atoms with Gasteiger partial charge in [0.25, 0.3) is 0 Å². The number of aromatic nitrogens is 2. The van der Waals surface area contributed by atoms with Gasteiger partial charge in [0.2, 0.25) is 11.8 Å². The molecule has 2 aromatic rings. The highest BCUT2D eigenvalue weighted by molar-refractivity contribution is 7.92. The average Bonchev–Trinajstić information content (AvgIpc) is 3.07. The van der Waals surface area contributed by atoms with Gasteiger partial charge in [-0.25, -0.2) is 8.42 Å². The summed E-state index contributed by atoms with van der Waals surface area (Å²) < 4.78 is 30.6. The van der Waals surface area contributed by atoms with Gasteiger partial charge in [0.15, 0.2) is 9.84 Å². The molecule has 3 rings (SSSR count). The first kappa shape index (κ1) is 14.5. The molecule has 1 aliphatic rings. The summed E-state index contributed by atoms with van der Waals surface area (Å²) in [6.45, 7) is 2.03. The van der Waals surface area contributed by atoms with Gasteiger partial charge in [-0.15, -0.1) is 10.2 Å². The molecule has 0 unspecified atom stereocenters. The van der Waals surface area contributed by atoms with E-state index in [0.717, 1.165) is 0 Å². The van der Waals surface area contributed by atoms with Crippen molar-refractivity contribution in [1.29, 1.82) is 0 Å². The van der Waals surface area contributed by atoms with Gasteiger partial charge in [-0.3, -0.25) is 0 Å². The Bertz CT molecular complexity index is 760. The minimum atomic E-state index is -3.49. The summed E-state index contributed by atoms with van der Waals surface area (Å²) in [5.41, 5.74) is 0. The number of hydrogen-bond acceptors (Lipinski definition) is 6. The zero-order valence-corrected chi connectivity index (χ0v) is 12.9. The molecule has 0 saturated carbocycles. The lowest BCUT2D eigenvalue weighted by Crippen LogP contribution is -2.24. The van der Waals surface area contributed by atoms with Crippen LogP contribution in [-0.2, 0) is 9.84 Å². The van der Waals surface area contributed by atoms with E-state index in [1.807, 2.05) is 0 Å². The molecule has 0 aliphatic carbocycles. The predicted octanol–water partition coefficient (Wildman–Crippen LogP) is 1.91. The standard InChI is InChI=1S/C13H14ClN3O3S/c1-8-16-17-13(20-8)11-6-9(7-15-11)21(18,19)12-5-3-2-4-10(12)14/h2-5,9,11,15H,6-7H2,1H3/t9-,11+/m0/s1. The van der Waals surface area contributed by atoms with Crippen LogP contribution in [0.3, 0.4) is 0 Å². The summed E-state index contributed by atoms with van der Waals surface area (Å²) in [5.74, 6) is 0.883. The Labute approximate surface area is 127 Å². The molecule has 6 nitrogen and oxygen atoms in total. The molecule has 1 fully saturated rings. The molecular formula is C13H14ClN3O3S. The van der Waals surface area contributed by atoms with Crippen LogP contribution in [0, 0.1) is 6.92 Å². The molecule has 0 radical (unpaired) electrons. The van der Waals surface area contributed by atoms with Gasteiger partial charge in [0.1, 0.15) is 0 Å². The molecule has 21 heavy (non-hydrogen) atoms. The zero-order valence-electron chi connectivity index (χ0n) is 11.3. The van der Waals surface area contributed by atoms with Crippen LogP contribution in [0.25, 0.3) is 0 Å². The van der Waals surface area contributed by atoms with Crippen molar-refractivity contribution in [2.45, 2.75) is 29.5 Å². The molecule has 0 bridgehead atoms. The first-order valence-electron chi connectivity index (χ1n) is 6.50. The van der Waals surface area contributed by atoms with Gasteiger partial charge >= 0.3 is 0 Å². The van der Waals surface area contributed by atoms with Gasteiger partial charge in [-0.2, -0.15) is 0 Å². The van der Waals surface area contributed by atoms with E-state index in [0.29, 0.717) is 24.7 Å². The first-order chi connectivity index (χ1) is 9.98. The molecule has 0 amide bonds. The second-order valence-corrected chi connectivity index (χ2v) is 7.56. The number of aryl methyl sites for hydroxylation is 1. The zero-order chi connectivity index (χ0) is 15.0. The van der Waals surface area contributed by atoms with E-state index in [4.69, 9.17) is 16.0 Å². The molecule has 2 atom stereocenters. The highest BCUT2D eigenvalue weighted by atomic mass is 35.5. The summed E-state index contributed by atoms with van der Waals surface area (Å²) in [5, 5.41) is 10.5. The van der Waals surface area contributed by atoms with Crippen LogP contribution >= 0.6 is 11.6 Å². The van der Waals surface area contributed by atoms with Gasteiger partial charge in [0.05, 0.1) is 21.2 Å². The number of benzene rings is 1. The van der Waals surface area contributed by atoms with Crippen molar-refractivity contribution >= 4 is 21.4 Å². The third-order valence-electron chi connectivity index (χ3n) is 3.51. The molecule has 112 valence electrons. The van der Waals surface area contributed by atoms with Crippen LogP contribution in [0.4, 0.5) is 0 Å². The molecule has 8 heteroatoms. The molecule has 2 heterocycles. The van der Waals surface area contributed by atoms with Crippen molar-refractivity contribution in [3.8, 4) is 0 Å². The van der Waals surface area contributed by atoms with Gasteiger partial charge in [0, 0.05) is 13.5 Å². The summed E-state index contributed by atoms with van der Waals surface area (Å²) in [7, 11) is -3.49.